The molecule has 0 amide bonds. The second kappa shape index (κ2) is 4.96. The van der Waals surface area contributed by atoms with E-state index in [4.69, 9.17) is 15.3 Å². The lowest BCUT2D eigenvalue weighted by Gasteiger charge is -2.33. The van der Waals surface area contributed by atoms with Crippen molar-refractivity contribution in [2.75, 3.05) is 0 Å². The lowest BCUT2D eigenvalue weighted by Crippen LogP contribution is -2.32. The highest BCUT2D eigenvalue weighted by Crippen LogP contribution is 2.45. The molecule has 2 aliphatic rings. The summed E-state index contributed by atoms with van der Waals surface area (Å²) in [5.41, 5.74) is 6.58. The molecule has 1 saturated carbocycles. The first-order valence-corrected chi connectivity index (χ1v) is 7.12. The van der Waals surface area contributed by atoms with Gasteiger partial charge in [0.25, 0.3) is 0 Å². The number of carboxylic acids is 1. The number of nitrogens with two attached hydrogens (primary N) is 1. The van der Waals surface area contributed by atoms with Crippen LogP contribution in [0, 0.1) is 5.92 Å². The smallest absolute Gasteiger partial charge is 0.321 e. The number of carbonyl (C=O) groups is 1. The number of aliphatic carboxylic acids is 1. The summed E-state index contributed by atoms with van der Waals surface area (Å²) in [6, 6.07) is -0.928. The fourth-order valence-electron chi connectivity index (χ4n) is 3.47. The molecule has 1 heterocycles. The van der Waals surface area contributed by atoms with Crippen LogP contribution >= 0.6 is 0 Å². The number of aromatic nitrogens is 1. The van der Waals surface area contributed by atoms with Crippen LogP contribution < -0.4 is 5.73 Å². The summed E-state index contributed by atoms with van der Waals surface area (Å²) in [5, 5.41) is 8.84. The molecule has 1 aromatic heterocycles. The zero-order chi connectivity index (χ0) is 13.4. The number of carboxylic acid groups (broad SMARTS) is 1. The standard InChI is InChI=1S/C14H20N2O3/c15-10(14(17)18)7-12-16-11-6-5-8-3-1-2-4-9(8)13(11)19-12/h8-10H,1-7,15H2,(H,17,18)/t8?,9?,10-/m1/s1. The van der Waals surface area contributed by atoms with Gasteiger partial charge in [0, 0.05) is 5.92 Å². The van der Waals surface area contributed by atoms with Gasteiger partial charge in [-0.05, 0) is 31.6 Å². The van der Waals surface area contributed by atoms with E-state index in [-0.39, 0.29) is 6.42 Å². The molecule has 0 spiro atoms. The first-order chi connectivity index (χ1) is 9.15. The number of aryl methyl sites for hydroxylation is 1. The third-order valence-electron chi connectivity index (χ3n) is 4.48. The van der Waals surface area contributed by atoms with Gasteiger partial charge < -0.3 is 15.3 Å². The zero-order valence-corrected chi connectivity index (χ0v) is 11.0. The van der Waals surface area contributed by atoms with Gasteiger partial charge in [-0.3, -0.25) is 4.79 Å². The van der Waals surface area contributed by atoms with E-state index in [1.165, 1.54) is 32.1 Å². The largest absolute Gasteiger partial charge is 0.480 e. The monoisotopic (exact) mass is 264 g/mol. The van der Waals surface area contributed by atoms with Crippen molar-refractivity contribution < 1.29 is 14.3 Å². The highest BCUT2D eigenvalue weighted by molar-refractivity contribution is 5.73. The van der Waals surface area contributed by atoms with Crippen LogP contribution in [0.3, 0.4) is 0 Å². The Morgan fingerprint density at radius 2 is 2.21 bits per heavy atom. The first kappa shape index (κ1) is 12.7. The Kier molecular flexibility index (Phi) is 3.31. The topological polar surface area (TPSA) is 89.4 Å². The van der Waals surface area contributed by atoms with E-state index in [1.54, 1.807) is 0 Å². The van der Waals surface area contributed by atoms with E-state index in [0.717, 1.165) is 23.8 Å². The number of rotatable bonds is 3. The number of hydrogen-bond donors (Lipinski definition) is 2. The highest BCUT2D eigenvalue weighted by atomic mass is 16.4. The Balaban J connectivity index is 1.80. The molecule has 0 aromatic carbocycles. The molecule has 3 N–H and O–H groups in total. The number of fused-ring (bicyclic) bond motifs is 3. The average molecular weight is 264 g/mol. The maximum absolute atomic E-state index is 10.8. The Labute approximate surface area is 112 Å². The lowest BCUT2D eigenvalue weighted by molar-refractivity contribution is -0.138. The van der Waals surface area contributed by atoms with E-state index in [1.807, 2.05) is 0 Å². The summed E-state index contributed by atoms with van der Waals surface area (Å²) >= 11 is 0. The quantitative estimate of drug-likeness (QED) is 0.869. The van der Waals surface area contributed by atoms with Gasteiger partial charge in [0.15, 0.2) is 5.89 Å². The molecule has 0 bridgehead atoms. The molecule has 1 fully saturated rings. The van der Waals surface area contributed by atoms with Crippen LogP contribution in [0.4, 0.5) is 0 Å². The van der Waals surface area contributed by atoms with Crippen LogP contribution in [0.15, 0.2) is 4.42 Å². The van der Waals surface area contributed by atoms with Crippen LogP contribution in [0.2, 0.25) is 0 Å². The molecular formula is C14H20N2O3. The predicted octanol–water partition coefficient (Wildman–Crippen LogP) is 1.85. The second-order valence-corrected chi connectivity index (χ2v) is 5.76. The minimum Gasteiger partial charge on any atom is -0.480 e. The van der Waals surface area contributed by atoms with Gasteiger partial charge >= 0.3 is 5.97 Å². The zero-order valence-electron chi connectivity index (χ0n) is 11.0. The van der Waals surface area contributed by atoms with Crippen LogP contribution in [0.25, 0.3) is 0 Å². The molecule has 2 unspecified atom stereocenters. The highest BCUT2D eigenvalue weighted by Gasteiger charge is 2.35. The molecule has 5 nitrogen and oxygen atoms in total. The summed E-state index contributed by atoms with van der Waals surface area (Å²) in [4.78, 5) is 15.2. The van der Waals surface area contributed by atoms with Gasteiger partial charge in [-0.2, -0.15) is 0 Å². The molecule has 0 aliphatic heterocycles. The minimum atomic E-state index is -1.01. The average Bonchev–Trinajstić information content (AvgIpc) is 2.81. The van der Waals surface area contributed by atoms with Crippen molar-refractivity contribution in [1.29, 1.82) is 0 Å². The minimum absolute atomic E-state index is 0.180. The number of nitrogens with zero attached hydrogens (tertiary/aromatic N) is 1. The van der Waals surface area contributed by atoms with Gasteiger partial charge in [-0.25, -0.2) is 4.98 Å². The molecule has 3 atom stereocenters. The predicted molar refractivity (Wildman–Crippen MR) is 68.8 cm³/mol. The number of hydrogen-bond acceptors (Lipinski definition) is 4. The van der Waals surface area contributed by atoms with Crippen molar-refractivity contribution >= 4 is 5.97 Å². The molecule has 2 aliphatic carbocycles. The summed E-state index contributed by atoms with van der Waals surface area (Å²) in [6.07, 6.45) is 7.37. The SMILES string of the molecule is N[C@H](Cc1nc2c(o1)C1CCCCC1CC2)C(=O)O. The van der Waals surface area contributed by atoms with Crippen molar-refractivity contribution in [3.8, 4) is 0 Å². The molecule has 0 saturated heterocycles. The van der Waals surface area contributed by atoms with Crippen LogP contribution in [0.1, 0.15) is 55.4 Å². The van der Waals surface area contributed by atoms with Gasteiger partial charge in [0.1, 0.15) is 11.8 Å². The van der Waals surface area contributed by atoms with Crippen LogP contribution in [0.5, 0.6) is 0 Å². The van der Waals surface area contributed by atoms with Crippen molar-refractivity contribution in [3.63, 3.8) is 0 Å². The van der Waals surface area contributed by atoms with Crippen molar-refractivity contribution in [2.45, 2.75) is 56.9 Å². The molecular weight excluding hydrogens is 244 g/mol. The second-order valence-electron chi connectivity index (χ2n) is 5.76. The lowest BCUT2D eigenvalue weighted by atomic mass is 9.72. The van der Waals surface area contributed by atoms with Gasteiger partial charge in [0.05, 0.1) is 12.1 Å². The molecule has 19 heavy (non-hydrogen) atoms. The van der Waals surface area contributed by atoms with Crippen molar-refractivity contribution in [2.24, 2.45) is 11.7 Å². The van der Waals surface area contributed by atoms with Crippen LogP contribution in [-0.2, 0) is 17.6 Å². The van der Waals surface area contributed by atoms with Crippen LogP contribution in [-0.4, -0.2) is 22.1 Å². The van der Waals surface area contributed by atoms with E-state index in [2.05, 4.69) is 4.98 Å². The fourth-order valence-corrected chi connectivity index (χ4v) is 3.47. The van der Waals surface area contributed by atoms with E-state index < -0.39 is 12.0 Å². The normalized spacial score (nSPS) is 27.4. The van der Waals surface area contributed by atoms with Gasteiger partial charge in [-0.15, -0.1) is 0 Å². The number of oxazole rings is 1. The van der Waals surface area contributed by atoms with E-state index >= 15 is 0 Å². The maximum Gasteiger partial charge on any atom is 0.321 e. The molecule has 0 radical (unpaired) electrons. The van der Waals surface area contributed by atoms with Crippen molar-refractivity contribution in [3.05, 3.63) is 17.3 Å². The summed E-state index contributed by atoms with van der Waals surface area (Å²) in [7, 11) is 0. The Morgan fingerprint density at radius 1 is 1.42 bits per heavy atom. The van der Waals surface area contributed by atoms with Crippen molar-refractivity contribution in [1.82, 2.24) is 4.98 Å². The maximum atomic E-state index is 10.8. The van der Waals surface area contributed by atoms with E-state index in [0.29, 0.717) is 11.8 Å². The van der Waals surface area contributed by atoms with Gasteiger partial charge in [0.2, 0.25) is 0 Å². The summed E-state index contributed by atoms with van der Waals surface area (Å²) < 4.78 is 5.84. The Hall–Kier alpha value is -1.36. The summed E-state index contributed by atoms with van der Waals surface area (Å²) in [5.74, 6) is 1.73. The first-order valence-electron chi connectivity index (χ1n) is 7.12. The Morgan fingerprint density at radius 3 is 3.00 bits per heavy atom. The molecule has 3 rings (SSSR count). The summed E-state index contributed by atoms with van der Waals surface area (Å²) in [6.45, 7) is 0. The fraction of sp³-hybridized carbons (Fsp3) is 0.714. The molecule has 104 valence electrons. The third-order valence-corrected chi connectivity index (χ3v) is 4.48. The molecule has 1 aromatic rings. The van der Waals surface area contributed by atoms with E-state index in [9.17, 15) is 4.79 Å². The molecule has 5 heteroatoms. The van der Waals surface area contributed by atoms with Gasteiger partial charge in [-0.1, -0.05) is 12.8 Å². The third kappa shape index (κ3) is 2.39. The Bertz CT molecular complexity index is 483.